The van der Waals surface area contributed by atoms with Crippen molar-refractivity contribution in [2.24, 2.45) is 0 Å². The summed E-state index contributed by atoms with van der Waals surface area (Å²) in [5.41, 5.74) is 0.452. The molecule has 1 amide bonds. The number of amides is 1. The topological polar surface area (TPSA) is 64.6 Å². The average Bonchev–Trinajstić information content (AvgIpc) is 2.52. The first-order chi connectivity index (χ1) is 11.0. The predicted molar refractivity (Wildman–Crippen MR) is 83.3 cm³/mol. The molecule has 0 heterocycles. The Bertz CT molecular complexity index is 736. The van der Waals surface area contributed by atoms with Gasteiger partial charge in [-0.1, -0.05) is 17.7 Å². The lowest BCUT2D eigenvalue weighted by Crippen LogP contribution is -2.21. The van der Waals surface area contributed by atoms with Crippen LogP contribution in [0.25, 0.3) is 0 Å². The second kappa shape index (κ2) is 7.60. The minimum Gasteiger partial charge on any atom is -0.483 e. The quantitative estimate of drug-likeness (QED) is 0.850. The van der Waals surface area contributed by atoms with Gasteiger partial charge >= 0.3 is 5.97 Å². The van der Waals surface area contributed by atoms with Gasteiger partial charge in [0.15, 0.2) is 6.61 Å². The number of esters is 1. The molecule has 0 saturated carbocycles. The molecule has 0 aliphatic heterocycles. The molecular weight excluding hydrogens is 325 g/mol. The molecule has 5 nitrogen and oxygen atoms in total. The van der Waals surface area contributed by atoms with Crippen LogP contribution in [0, 0.1) is 5.82 Å². The zero-order valence-electron chi connectivity index (χ0n) is 12.1. The normalized spacial score (nSPS) is 10.0. The van der Waals surface area contributed by atoms with Crippen molar-refractivity contribution in [2.45, 2.75) is 0 Å². The Balaban J connectivity index is 2.04. The van der Waals surface area contributed by atoms with Crippen LogP contribution in [0.2, 0.25) is 5.02 Å². The number of carbonyl (C=O) groups excluding carboxylic acids is 2. The molecule has 1 N–H and O–H groups in total. The van der Waals surface area contributed by atoms with E-state index >= 15 is 0 Å². The summed E-state index contributed by atoms with van der Waals surface area (Å²) in [7, 11) is 1.23. The molecule has 0 aliphatic rings. The SMILES string of the molecule is COC(=O)c1ccc(Cl)cc1OCC(=O)Nc1cccc(F)c1. The van der Waals surface area contributed by atoms with Gasteiger partial charge < -0.3 is 14.8 Å². The van der Waals surface area contributed by atoms with E-state index < -0.39 is 17.7 Å². The summed E-state index contributed by atoms with van der Waals surface area (Å²) in [4.78, 5) is 23.5. The molecule has 23 heavy (non-hydrogen) atoms. The number of anilines is 1. The molecule has 0 aliphatic carbocycles. The van der Waals surface area contributed by atoms with E-state index in [9.17, 15) is 14.0 Å². The van der Waals surface area contributed by atoms with Gasteiger partial charge in [-0.3, -0.25) is 4.79 Å². The molecule has 0 unspecified atom stereocenters. The van der Waals surface area contributed by atoms with Crippen molar-refractivity contribution >= 4 is 29.2 Å². The van der Waals surface area contributed by atoms with Gasteiger partial charge in [-0.15, -0.1) is 0 Å². The van der Waals surface area contributed by atoms with Crippen molar-refractivity contribution in [3.8, 4) is 5.75 Å². The second-order valence-corrected chi connectivity index (χ2v) is 4.92. The maximum atomic E-state index is 13.0. The number of carbonyl (C=O) groups is 2. The van der Waals surface area contributed by atoms with E-state index in [2.05, 4.69) is 10.1 Å². The molecule has 0 bridgehead atoms. The van der Waals surface area contributed by atoms with Crippen LogP contribution in [-0.4, -0.2) is 25.6 Å². The number of benzene rings is 2. The van der Waals surface area contributed by atoms with Crippen LogP contribution in [0.5, 0.6) is 5.75 Å². The lowest BCUT2D eigenvalue weighted by Gasteiger charge is -2.11. The van der Waals surface area contributed by atoms with Gasteiger partial charge in [-0.2, -0.15) is 0 Å². The second-order valence-electron chi connectivity index (χ2n) is 4.48. The van der Waals surface area contributed by atoms with E-state index in [1.807, 2.05) is 0 Å². The summed E-state index contributed by atoms with van der Waals surface area (Å²) in [6.45, 7) is -0.374. The summed E-state index contributed by atoms with van der Waals surface area (Å²) >= 11 is 5.85. The summed E-state index contributed by atoms with van der Waals surface area (Å²) in [6.07, 6.45) is 0. The molecule has 7 heteroatoms. The molecule has 0 saturated heterocycles. The van der Waals surface area contributed by atoms with Gasteiger partial charge in [-0.05, 0) is 36.4 Å². The van der Waals surface area contributed by atoms with Crippen LogP contribution >= 0.6 is 11.6 Å². The Kier molecular flexibility index (Phi) is 5.54. The first-order valence-corrected chi connectivity index (χ1v) is 6.93. The van der Waals surface area contributed by atoms with E-state index in [-0.39, 0.29) is 17.9 Å². The predicted octanol–water partition coefficient (Wildman–Crippen LogP) is 3.28. The zero-order chi connectivity index (χ0) is 16.8. The smallest absolute Gasteiger partial charge is 0.341 e. The number of hydrogen-bond acceptors (Lipinski definition) is 4. The number of methoxy groups -OCH3 is 1. The highest BCUT2D eigenvalue weighted by molar-refractivity contribution is 6.30. The lowest BCUT2D eigenvalue weighted by molar-refractivity contribution is -0.118. The van der Waals surface area contributed by atoms with E-state index in [1.165, 1.54) is 43.5 Å². The van der Waals surface area contributed by atoms with Crippen LogP contribution in [0.3, 0.4) is 0 Å². The minimum atomic E-state index is -0.609. The standard InChI is InChI=1S/C16H13ClFNO4/c1-22-16(21)13-6-5-10(17)7-14(13)23-9-15(20)19-12-4-2-3-11(18)8-12/h2-8H,9H2,1H3,(H,19,20). The number of hydrogen-bond donors (Lipinski definition) is 1. The molecule has 0 radical (unpaired) electrons. The van der Waals surface area contributed by atoms with Gasteiger partial charge in [0.05, 0.1) is 7.11 Å². The molecule has 2 aromatic carbocycles. The molecule has 120 valence electrons. The van der Waals surface area contributed by atoms with Crippen LogP contribution in [-0.2, 0) is 9.53 Å². The number of ether oxygens (including phenoxy) is 2. The Morgan fingerprint density at radius 3 is 2.70 bits per heavy atom. The Hall–Kier alpha value is -2.60. The Labute approximate surface area is 137 Å². The molecular formula is C16H13ClFNO4. The summed E-state index contributed by atoms with van der Waals surface area (Å²) in [5, 5.41) is 2.82. The first-order valence-electron chi connectivity index (χ1n) is 6.55. The highest BCUT2D eigenvalue weighted by Crippen LogP contribution is 2.24. The van der Waals surface area contributed by atoms with E-state index in [0.717, 1.165) is 0 Å². The Morgan fingerprint density at radius 2 is 2.00 bits per heavy atom. The highest BCUT2D eigenvalue weighted by Gasteiger charge is 2.15. The third-order valence-electron chi connectivity index (χ3n) is 2.82. The maximum Gasteiger partial charge on any atom is 0.341 e. The van der Waals surface area contributed by atoms with Crippen molar-refractivity contribution in [3.05, 3.63) is 58.9 Å². The van der Waals surface area contributed by atoms with Crippen molar-refractivity contribution < 1.29 is 23.5 Å². The van der Waals surface area contributed by atoms with Crippen molar-refractivity contribution in [1.82, 2.24) is 0 Å². The lowest BCUT2D eigenvalue weighted by atomic mass is 10.2. The average molecular weight is 338 g/mol. The Morgan fingerprint density at radius 1 is 1.22 bits per heavy atom. The number of halogens is 2. The number of rotatable bonds is 5. The van der Waals surface area contributed by atoms with E-state index in [4.69, 9.17) is 16.3 Å². The third-order valence-corrected chi connectivity index (χ3v) is 3.05. The van der Waals surface area contributed by atoms with Gasteiger partial charge in [0, 0.05) is 10.7 Å². The zero-order valence-corrected chi connectivity index (χ0v) is 12.9. The van der Waals surface area contributed by atoms with E-state index in [0.29, 0.717) is 10.7 Å². The fraction of sp³-hybridized carbons (Fsp3) is 0.125. The molecule has 2 rings (SSSR count). The molecule has 0 spiro atoms. The molecule has 2 aromatic rings. The van der Waals surface area contributed by atoms with Crippen molar-refractivity contribution in [1.29, 1.82) is 0 Å². The highest BCUT2D eigenvalue weighted by atomic mass is 35.5. The first kappa shape index (κ1) is 16.8. The van der Waals surface area contributed by atoms with Gasteiger partial charge in [0.2, 0.25) is 0 Å². The van der Waals surface area contributed by atoms with E-state index in [1.54, 1.807) is 6.07 Å². The summed E-state index contributed by atoms with van der Waals surface area (Å²) < 4.78 is 23.0. The fourth-order valence-corrected chi connectivity index (χ4v) is 1.96. The maximum absolute atomic E-state index is 13.0. The summed E-state index contributed by atoms with van der Waals surface area (Å²) in [5.74, 6) is -1.46. The van der Waals surface area contributed by atoms with Crippen LogP contribution in [0.15, 0.2) is 42.5 Å². The van der Waals surface area contributed by atoms with Gasteiger partial charge in [-0.25, -0.2) is 9.18 Å². The van der Waals surface area contributed by atoms with Crippen LogP contribution in [0.4, 0.5) is 10.1 Å². The van der Waals surface area contributed by atoms with Crippen LogP contribution in [0.1, 0.15) is 10.4 Å². The molecule has 0 fully saturated rings. The minimum absolute atomic E-state index is 0.124. The van der Waals surface area contributed by atoms with Crippen molar-refractivity contribution in [3.63, 3.8) is 0 Å². The van der Waals surface area contributed by atoms with Crippen molar-refractivity contribution in [2.75, 3.05) is 19.0 Å². The monoisotopic (exact) mass is 337 g/mol. The van der Waals surface area contributed by atoms with Gasteiger partial charge in [0.1, 0.15) is 17.1 Å². The third kappa shape index (κ3) is 4.69. The van der Waals surface area contributed by atoms with Gasteiger partial charge in [0.25, 0.3) is 5.91 Å². The largest absolute Gasteiger partial charge is 0.483 e. The molecule has 0 atom stereocenters. The number of nitrogens with one attached hydrogen (secondary N) is 1. The molecule has 0 aromatic heterocycles. The fourth-order valence-electron chi connectivity index (χ4n) is 1.80. The van der Waals surface area contributed by atoms with Crippen LogP contribution < -0.4 is 10.1 Å². The summed E-state index contributed by atoms with van der Waals surface area (Å²) in [6, 6.07) is 9.81.